The maximum atomic E-state index is 12.2. The summed E-state index contributed by atoms with van der Waals surface area (Å²) < 4.78 is 5.19. The van der Waals surface area contributed by atoms with E-state index in [-0.39, 0.29) is 37.2 Å². The molecule has 2 aromatic rings. The lowest BCUT2D eigenvalue weighted by Crippen LogP contribution is -2.32. The molecule has 0 radical (unpaired) electrons. The zero-order chi connectivity index (χ0) is 13.7. The normalized spacial score (nSPS) is 10.1. The topological polar surface area (TPSA) is 125 Å². The number of furan rings is 1. The molecule has 2 aromatic heterocycles. The van der Waals surface area contributed by atoms with Gasteiger partial charge in [-0.2, -0.15) is 10.2 Å². The molecule has 0 fully saturated rings. The fourth-order valence-corrected chi connectivity index (χ4v) is 1.55. The predicted octanol–water partition coefficient (Wildman–Crippen LogP) is 0.536. The van der Waals surface area contributed by atoms with Crippen LogP contribution in [-0.2, 0) is 6.54 Å². The van der Waals surface area contributed by atoms with Crippen molar-refractivity contribution in [2.45, 2.75) is 13.0 Å². The van der Waals surface area contributed by atoms with Crippen molar-refractivity contribution in [3.05, 3.63) is 30.0 Å². The molecule has 0 saturated carbocycles. The highest BCUT2D eigenvalue weighted by Gasteiger charge is 2.20. The smallest absolute Gasteiger partial charge is 0.291 e. The van der Waals surface area contributed by atoms with Crippen LogP contribution in [0.2, 0.25) is 0 Å². The highest BCUT2D eigenvalue weighted by Crippen LogP contribution is 2.09. The molecule has 0 spiro atoms. The van der Waals surface area contributed by atoms with Gasteiger partial charge in [0, 0.05) is 6.54 Å². The predicted molar refractivity (Wildman–Crippen MR) is 64.5 cm³/mol. The third-order valence-electron chi connectivity index (χ3n) is 2.41. The van der Waals surface area contributed by atoms with Crippen molar-refractivity contribution >= 4 is 11.9 Å². The first-order chi connectivity index (χ1) is 9.20. The molecule has 0 aromatic carbocycles. The number of carbonyl (C=O) groups is 1. The molecule has 3 N–H and O–H groups in total. The van der Waals surface area contributed by atoms with Gasteiger partial charge in [0.25, 0.3) is 5.91 Å². The third-order valence-corrected chi connectivity index (χ3v) is 2.41. The number of carbonyl (C=O) groups excluding carboxylic acids is 1. The van der Waals surface area contributed by atoms with Crippen LogP contribution in [0.15, 0.2) is 22.8 Å². The van der Waals surface area contributed by atoms with Crippen LogP contribution in [0.25, 0.3) is 0 Å². The fourth-order valence-electron chi connectivity index (χ4n) is 1.55. The van der Waals surface area contributed by atoms with Gasteiger partial charge in [0.05, 0.1) is 25.3 Å². The number of nitrogens with zero attached hydrogens (tertiary/aromatic N) is 4. The van der Waals surface area contributed by atoms with Gasteiger partial charge in [-0.15, -0.1) is 5.10 Å². The Hall–Kier alpha value is -2.82. The number of H-pyrrole nitrogens is 1. The maximum Gasteiger partial charge on any atom is 0.291 e. The van der Waals surface area contributed by atoms with Crippen LogP contribution >= 0.6 is 0 Å². The number of nitrogens with two attached hydrogens (primary N) is 1. The van der Waals surface area contributed by atoms with E-state index in [0.717, 1.165) is 0 Å². The number of amides is 1. The lowest BCUT2D eigenvalue weighted by Gasteiger charge is -2.18. The summed E-state index contributed by atoms with van der Waals surface area (Å²) >= 11 is 0. The molecular weight excluding hydrogens is 248 g/mol. The monoisotopic (exact) mass is 260 g/mol. The molecule has 0 aliphatic carbocycles. The lowest BCUT2D eigenvalue weighted by atomic mass is 10.3. The Morgan fingerprint density at radius 2 is 2.47 bits per heavy atom. The summed E-state index contributed by atoms with van der Waals surface area (Å²) in [5, 5.41) is 14.7. The summed E-state index contributed by atoms with van der Waals surface area (Å²) in [6, 6.07) is 5.48. The average molecular weight is 260 g/mol. The molecule has 2 heterocycles. The zero-order valence-corrected chi connectivity index (χ0v) is 10.0. The second-order valence-corrected chi connectivity index (χ2v) is 3.76. The molecule has 0 saturated heterocycles. The summed E-state index contributed by atoms with van der Waals surface area (Å²) in [6.07, 6.45) is 1.74. The van der Waals surface area contributed by atoms with Gasteiger partial charge in [-0.25, -0.2) is 0 Å². The first-order valence-corrected chi connectivity index (χ1v) is 5.57. The van der Waals surface area contributed by atoms with E-state index in [4.69, 9.17) is 15.4 Å². The highest BCUT2D eigenvalue weighted by molar-refractivity contribution is 5.90. The van der Waals surface area contributed by atoms with Crippen molar-refractivity contribution in [3.63, 3.8) is 0 Å². The number of anilines is 1. The number of rotatable bonds is 5. The SMILES string of the molecule is N#CCCN(Cc1ccco1)C(=O)c1nc(N)n[nH]1. The third kappa shape index (κ3) is 3.10. The van der Waals surface area contributed by atoms with Crippen molar-refractivity contribution in [2.24, 2.45) is 0 Å². The average Bonchev–Trinajstić information content (AvgIpc) is 3.05. The van der Waals surface area contributed by atoms with Crippen LogP contribution in [0.4, 0.5) is 5.95 Å². The van der Waals surface area contributed by atoms with E-state index in [2.05, 4.69) is 15.2 Å². The first-order valence-electron chi connectivity index (χ1n) is 5.57. The second kappa shape index (κ2) is 5.68. The number of aromatic nitrogens is 3. The Morgan fingerprint density at radius 3 is 3.05 bits per heavy atom. The molecule has 0 bridgehead atoms. The van der Waals surface area contributed by atoms with Gasteiger partial charge in [-0.3, -0.25) is 9.89 Å². The van der Waals surface area contributed by atoms with Crippen molar-refractivity contribution < 1.29 is 9.21 Å². The summed E-state index contributed by atoms with van der Waals surface area (Å²) in [4.78, 5) is 17.4. The van der Waals surface area contributed by atoms with E-state index in [0.29, 0.717) is 5.76 Å². The first kappa shape index (κ1) is 12.6. The van der Waals surface area contributed by atoms with Crippen LogP contribution in [0, 0.1) is 11.3 Å². The van der Waals surface area contributed by atoms with Crippen molar-refractivity contribution in [1.82, 2.24) is 20.1 Å². The van der Waals surface area contributed by atoms with E-state index in [1.165, 1.54) is 11.2 Å². The van der Waals surface area contributed by atoms with Gasteiger partial charge in [0.15, 0.2) is 0 Å². The quantitative estimate of drug-likeness (QED) is 0.808. The van der Waals surface area contributed by atoms with Gasteiger partial charge in [-0.05, 0) is 12.1 Å². The van der Waals surface area contributed by atoms with Crippen molar-refractivity contribution in [1.29, 1.82) is 5.26 Å². The van der Waals surface area contributed by atoms with Gasteiger partial charge in [-0.1, -0.05) is 0 Å². The summed E-state index contributed by atoms with van der Waals surface area (Å²) in [6.45, 7) is 0.532. The van der Waals surface area contributed by atoms with Crippen LogP contribution < -0.4 is 5.73 Å². The van der Waals surface area contributed by atoms with Gasteiger partial charge >= 0.3 is 0 Å². The fraction of sp³-hybridized carbons (Fsp3) is 0.273. The van der Waals surface area contributed by atoms with Crippen molar-refractivity contribution in [3.8, 4) is 6.07 Å². The van der Waals surface area contributed by atoms with Crippen LogP contribution in [0.5, 0.6) is 0 Å². The minimum absolute atomic E-state index is 0.00146. The van der Waals surface area contributed by atoms with E-state index in [1.807, 2.05) is 6.07 Å². The number of aromatic amines is 1. The van der Waals surface area contributed by atoms with Crippen LogP contribution in [-0.4, -0.2) is 32.5 Å². The molecular formula is C11H12N6O2. The molecule has 0 aliphatic rings. The van der Waals surface area contributed by atoms with E-state index < -0.39 is 0 Å². The van der Waals surface area contributed by atoms with Gasteiger partial charge in [0.1, 0.15) is 5.76 Å². The number of hydrogen-bond donors (Lipinski definition) is 2. The largest absolute Gasteiger partial charge is 0.467 e. The molecule has 0 aliphatic heterocycles. The Balaban J connectivity index is 2.12. The minimum atomic E-state index is -0.379. The van der Waals surface area contributed by atoms with E-state index in [9.17, 15) is 4.79 Å². The maximum absolute atomic E-state index is 12.2. The highest BCUT2D eigenvalue weighted by atomic mass is 16.3. The van der Waals surface area contributed by atoms with Crippen LogP contribution in [0.3, 0.4) is 0 Å². The van der Waals surface area contributed by atoms with E-state index in [1.54, 1.807) is 12.1 Å². The molecule has 98 valence electrons. The van der Waals surface area contributed by atoms with E-state index >= 15 is 0 Å². The number of nitrogens with one attached hydrogen (secondary N) is 1. The molecule has 0 atom stereocenters. The summed E-state index contributed by atoms with van der Waals surface area (Å²) in [5.41, 5.74) is 5.36. The molecule has 8 nitrogen and oxygen atoms in total. The number of nitrogen functional groups attached to an aromatic ring is 1. The van der Waals surface area contributed by atoms with Gasteiger partial charge in [0.2, 0.25) is 11.8 Å². The lowest BCUT2D eigenvalue weighted by molar-refractivity contribution is 0.0723. The van der Waals surface area contributed by atoms with Crippen molar-refractivity contribution in [2.75, 3.05) is 12.3 Å². The molecule has 1 amide bonds. The minimum Gasteiger partial charge on any atom is -0.467 e. The number of hydrogen-bond acceptors (Lipinski definition) is 6. The standard InChI is InChI=1S/C11H12N6O2/c12-4-2-5-17(7-8-3-1-6-19-8)10(18)9-14-11(13)16-15-9/h1,3,6H,2,5,7H2,(H3,13,14,15,16). The Labute approximate surface area is 108 Å². The van der Waals surface area contributed by atoms with Crippen LogP contribution in [0.1, 0.15) is 22.8 Å². The molecule has 2 rings (SSSR count). The molecule has 0 unspecified atom stereocenters. The number of nitriles is 1. The zero-order valence-electron chi connectivity index (χ0n) is 10.0. The molecule has 19 heavy (non-hydrogen) atoms. The summed E-state index contributed by atoms with van der Waals surface area (Å²) in [5.74, 6) is 0.290. The molecule has 8 heteroatoms. The van der Waals surface area contributed by atoms with Gasteiger partial charge < -0.3 is 15.1 Å². The Morgan fingerprint density at radius 1 is 1.63 bits per heavy atom. The Bertz CT molecular complexity index is 583. The summed E-state index contributed by atoms with van der Waals surface area (Å²) in [7, 11) is 0. The second-order valence-electron chi connectivity index (χ2n) is 3.76. The Kier molecular flexibility index (Phi) is 3.78.